The van der Waals surface area contributed by atoms with Crippen LogP contribution in [0.25, 0.3) is 17.1 Å². The second-order valence-corrected chi connectivity index (χ2v) is 10.4. The maximum Gasteiger partial charge on any atom is 0.248 e. The van der Waals surface area contributed by atoms with Gasteiger partial charge in [-0.25, -0.2) is 9.67 Å². The van der Waals surface area contributed by atoms with E-state index in [1.165, 1.54) is 0 Å². The van der Waals surface area contributed by atoms with Crippen molar-refractivity contribution in [2.75, 3.05) is 63.0 Å². The standard InChI is InChI=1S/C32H38N8O3/c1-5-6-12-30(41)34-25-19-26(28(42-4)20-27(25)39-15-17-43-18-16-39)35-32-33-14-13-29(36-32)40-22-24(21-38(2)3)31(37-40)23-10-8-7-9-11-23/h6-14,19-20,22H,5,15-18,21H2,1-4H3,(H,34,41)(H,33,35,36)/b12-6+. The van der Waals surface area contributed by atoms with Gasteiger partial charge in [-0.05, 0) is 32.7 Å². The first-order valence-electron chi connectivity index (χ1n) is 14.4. The Balaban J connectivity index is 1.48. The Bertz CT molecular complexity index is 1560. The van der Waals surface area contributed by atoms with Crippen molar-refractivity contribution >= 4 is 28.9 Å². The highest BCUT2D eigenvalue weighted by atomic mass is 16.5. The minimum Gasteiger partial charge on any atom is -0.494 e. The fourth-order valence-corrected chi connectivity index (χ4v) is 4.88. The lowest BCUT2D eigenvalue weighted by atomic mass is 10.1. The van der Waals surface area contributed by atoms with Gasteiger partial charge in [0.2, 0.25) is 11.9 Å². The summed E-state index contributed by atoms with van der Waals surface area (Å²) in [7, 11) is 5.69. The Labute approximate surface area is 252 Å². The molecule has 2 aromatic heterocycles. The molecule has 2 aromatic carbocycles. The van der Waals surface area contributed by atoms with Gasteiger partial charge in [-0.15, -0.1) is 0 Å². The molecule has 0 spiro atoms. The monoisotopic (exact) mass is 582 g/mol. The van der Waals surface area contributed by atoms with E-state index in [0.29, 0.717) is 55.2 Å². The molecule has 0 bridgehead atoms. The van der Waals surface area contributed by atoms with Crippen LogP contribution in [0.3, 0.4) is 0 Å². The number of rotatable bonds is 11. The number of anilines is 4. The normalized spacial score (nSPS) is 13.5. The SMILES string of the molecule is CC/C=C/C(=O)Nc1cc(Nc2nccc(-n3cc(CN(C)C)c(-c4ccccc4)n3)n2)c(OC)cc1N1CCOCC1. The molecular weight excluding hydrogens is 544 g/mol. The van der Waals surface area contributed by atoms with Crippen LogP contribution in [0, 0.1) is 0 Å². The van der Waals surface area contributed by atoms with E-state index in [9.17, 15) is 4.79 Å². The summed E-state index contributed by atoms with van der Waals surface area (Å²) < 4.78 is 13.1. The van der Waals surface area contributed by atoms with E-state index in [1.54, 1.807) is 24.1 Å². The molecule has 0 radical (unpaired) electrons. The lowest BCUT2D eigenvalue weighted by Gasteiger charge is -2.31. The third-order valence-electron chi connectivity index (χ3n) is 6.88. The smallest absolute Gasteiger partial charge is 0.248 e. The molecule has 5 rings (SSSR count). The lowest BCUT2D eigenvalue weighted by molar-refractivity contribution is -0.111. The molecule has 43 heavy (non-hydrogen) atoms. The first-order chi connectivity index (χ1) is 20.9. The molecule has 4 aromatic rings. The Morgan fingerprint density at radius 2 is 1.91 bits per heavy atom. The van der Waals surface area contributed by atoms with Crippen molar-refractivity contribution in [1.82, 2.24) is 24.6 Å². The number of allylic oxidation sites excluding steroid dienone is 1. The number of methoxy groups -OCH3 is 1. The Kier molecular flexibility index (Phi) is 9.65. The van der Waals surface area contributed by atoms with Gasteiger partial charge in [-0.2, -0.15) is 10.1 Å². The molecule has 11 heteroatoms. The number of hydrogen-bond acceptors (Lipinski definition) is 9. The van der Waals surface area contributed by atoms with E-state index in [4.69, 9.17) is 19.6 Å². The van der Waals surface area contributed by atoms with E-state index in [1.807, 2.05) is 69.7 Å². The fraction of sp³-hybridized carbons (Fsp3) is 0.312. The second kappa shape index (κ2) is 14.0. The molecule has 1 aliphatic rings. The number of nitrogens with one attached hydrogen (secondary N) is 2. The summed E-state index contributed by atoms with van der Waals surface area (Å²) in [5.41, 5.74) is 5.16. The molecular formula is C32H38N8O3. The molecule has 0 aliphatic carbocycles. The van der Waals surface area contributed by atoms with Crippen molar-refractivity contribution in [3.05, 3.63) is 78.6 Å². The lowest BCUT2D eigenvalue weighted by Crippen LogP contribution is -2.36. The van der Waals surface area contributed by atoms with Gasteiger partial charge in [0, 0.05) is 55.3 Å². The summed E-state index contributed by atoms with van der Waals surface area (Å²) in [6, 6.07) is 15.7. The van der Waals surface area contributed by atoms with Gasteiger partial charge in [0.1, 0.15) is 5.75 Å². The van der Waals surface area contributed by atoms with Crippen molar-refractivity contribution in [1.29, 1.82) is 0 Å². The highest BCUT2D eigenvalue weighted by molar-refractivity contribution is 6.02. The fourth-order valence-electron chi connectivity index (χ4n) is 4.88. The minimum atomic E-state index is -0.202. The van der Waals surface area contributed by atoms with Crippen LogP contribution in [0.1, 0.15) is 18.9 Å². The molecule has 1 fully saturated rings. The van der Waals surface area contributed by atoms with Gasteiger partial charge in [0.15, 0.2) is 5.82 Å². The van der Waals surface area contributed by atoms with Crippen LogP contribution in [0.15, 0.2) is 73.1 Å². The zero-order valence-corrected chi connectivity index (χ0v) is 25.1. The van der Waals surface area contributed by atoms with Crippen LogP contribution in [-0.4, -0.2) is 78.1 Å². The predicted octanol–water partition coefficient (Wildman–Crippen LogP) is 4.88. The molecule has 2 N–H and O–H groups in total. The number of ether oxygens (including phenoxy) is 2. The summed E-state index contributed by atoms with van der Waals surface area (Å²) in [5, 5.41) is 11.2. The van der Waals surface area contributed by atoms with Crippen LogP contribution in [-0.2, 0) is 16.1 Å². The van der Waals surface area contributed by atoms with E-state index in [0.717, 1.165) is 35.5 Å². The number of amides is 1. The Morgan fingerprint density at radius 3 is 2.63 bits per heavy atom. The number of aromatic nitrogens is 4. The summed E-state index contributed by atoms with van der Waals surface area (Å²) >= 11 is 0. The molecule has 1 amide bonds. The van der Waals surface area contributed by atoms with Crippen molar-refractivity contribution in [3.63, 3.8) is 0 Å². The van der Waals surface area contributed by atoms with Crippen LogP contribution >= 0.6 is 0 Å². The summed E-state index contributed by atoms with van der Waals surface area (Å²) in [6.45, 7) is 5.36. The van der Waals surface area contributed by atoms with Gasteiger partial charge < -0.3 is 29.9 Å². The Morgan fingerprint density at radius 1 is 1.12 bits per heavy atom. The van der Waals surface area contributed by atoms with E-state index in [2.05, 4.69) is 37.6 Å². The molecule has 224 valence electrons. The number of hydrogen-bond donors (Lipinski definition) is 2. The van der Waals surface area contributed by atoms with Crippen molar-refractivity contribution in [3.8, 4) is 22.8 Å². The third kappa shape index (κ3) is 7.37. The summed E-state index contributed by atoms with van der Waals surface area (Å²) in [4.78, 5) is 26.2. The highest BCUT2D eigenvalue weighted by Gasteiger charge is 2.20. The molecule has 1 saturated heterocycles. The van der Waals surface area contributed by atoms with E-state index < -0.39 is 0 Å². The maximum atomic E-state index is 12.7. The van der Waals surface area contributed by atoms with Crippen molar-refractivity contribution in [2.24, 2.45) is 0 Å². The maximum absolute atomic E-state index is 12.7. The predicted molar refractivity (Wildman–Crippen MR) is 169 cm³/mol. The number of carbonyl (C=O) groups excluding carboxylic acids is 1. The van der Waals surface area contributed by atoms with Crippen molar-refractivity contribution in [2.45, 2.75) is 19.9 Å². The molecule has 0 atom stereocenters. The van der Waals surface area contributed by atoms with E-state index >= 15 is 0 Å². The second-order valence-electron chi connectivity index (χ2n) is 10.4. The van der Waals surface area contributed by atoms with Gasteiger partial charge in [-0.3, -0.25) is 4.79 Å². The topological polar surface area (TPSA) is 110 Å². The largest absolute Gasteiger partial charge is 0.494 e. The molecule has 0 unspecified atom stereocenters. The summed E-state index contributed by atoms with van der Waals surface area (Å²) in [6.07, 6.45) is 7.84. The van der Waals surface area contributed by atoms with Gasteiger partial charge in [0.25, 0.3) is 0 Å². The quantitative estimate of drug-likeness (QED) is 0.239. The summed E-state index contributed by atoms with van der Waals surface area (Å²) in [5.74, 6) is 1.37. The molecule has 0 saturated carbocycles. The molecule has 3 heterocycles. The molecule has 1 aliphatic heterocycles. The van der Waals surface area contributed by atoms with Crippen LogP contribution in [0.5, 0.6) is 5.75 Å². The minimum absolute atomic E-state index is 0.202. The highest BCUT2D eigenvalue weighted by Crippen LogP contribution is 2.38. The van der Waals surface area contributed by atoms with Gasteiger partial charge in [0.05, 0.1) is 43.1 Å². The number of carbonyl (C=O) groups is 1. The zero-order chi connectivity index (χ0) is 30.2. The first-order valence-corrected chi connectivity index (χ1v) is 14.4. The van der Waals surface area contributed by atoms with Gasteiger partial charge in [-0.1, -0.05) is 43.3 Å². The number of morpholine rings is 1. The third-order valence-corrected chi connectivity index (χ3v) is 6.88. The van der Waals surface area contributed by atoms with E-state index in [-0.39, 0.29) is 5.91 Å². The average Bonchev–Trinajstić information content (AvgIpc) is 3.44. The number of benzene rings is 2. The average molecular weight is 583 g/mol. The first kappa shape index (κ1) is 29.7. The van der Waals surface area contributed by atoms with Crippen LogP contribution in [0.4, 0.5) is 23.0 Å². The zero-order valence-electron chi connectivity index (χ0n) is 25.1. The van der Waals surface area contributed by atoms with Crippen LogP contribution in [0.2, 0.25) is 0 Å². The van der Waals surface area contributed by atoms with Gasteiger partial charge >= 0.3 is 0 Å². The van der Waals surface area contributed by atoms with Crippen molar-refractivity contribution < 1.29 is 14.3 Å². The molecule has 11 nitrogen and oxygen atoms in total. The number of nitrogens with zero attached hydrogens (tertiary/aromatic N) is 6. The van der Waals surface area contributed by atoms with Crippen LogP contribution < -0.4 is 20.3 Å². The Hall–Kier alpha value is -4.74.